The zero-order valence-electron chi connectivity index (χ0n) is 12.5. The van der Waals surface area contributed by atoms with E-state index in [2.05, 4.69) is 0 Å². The molecule has 1 fully saturated rings. The van der Waals surface area contributed by atoms with Gasteiger partial charge in [-0.3, -0.25) is 0 Å². The predicted molar refractivity (Wildman–Crippen MR) is 81.5 cm³/mol. The van der Waals surface area contributed by atoms with Crippen LogP contribution in [0.4, 0.5) is 13.2 Å². The fourth-order valence-corrected chi connectivity index (χ4v) is 4.67. The second-order valence-electron chi connectivity index (χ2n) is 5.77. The molecule has 4 nitrogen and oxygen atoms in total. The molecule has 1 saturated heterocycles. The first-order valence-electron chi connectivity index (χ1n) is 7.14. The van der Waals surface area contributed by atoms with Crippen molar-refractivity contribution in [1.29, 1.82) is 0 Å². The molecular weight excluding hydrogens is 353 g/mol. The lowest BCUT2D eigenvalue weighted by atomic mass is 9.88. The first-order chi connectivity index (χ1) is 10.6. The Morgan fingerprint density at radius 2 is 2.04 bits per heavy atom. The van der Waals surface area contributed by atoms with E-state index >= 15 is 0 Å². The topological polar surface area (TPSA) is 63.4 Å². The summed E-state index contributed by atoms with van der Waals surface area (Å²) in [6.07, 6.45) is -4.03. The van der Waals surface area contributed by atoms with Gasteiger partial charge in [-0.1, -0.05) is 18.5 Å². The van der Waals surface area contributed by atoms with Crippen LogP contribution in [0, 0.1) is 11.8 Å². The Balaban J connectivity index is 2.40. The van der Waals surface area contributed by atoms with Gasteiger partial charge in [-0.25, -0.2) is 8.42 Å². The van der Waals surface area contributed by atoms with Crippen LogP contribution in [0.1, 0.15) is 18.9 Å². The van der Waals surface area contributed by atoms with Gasteiger partial charge in [-0.2, -0.15) is 17.5 Å². The fourth-order valence-electron chi connectivity index (χ4n) is 2.66. The highest BCUT2D eigenvalue weighted by Crippen LogP contribution is 2.35. The summed E-state index contributed by atoms with van der Waals surface area (Å²) in [5.74, 6) is 0.242. The summed E-state index contributed by atoms with van der Waals surface area (Å²) in [4.78, 5) is -0.515. The van der Waals surface area contributed by atoms with Gasteiger partial charge in [0.15, 0.2) is 0 Å². The monoisotopic (exact) mass is 370 g/mol. The van der Waals surface area contributed by atoms with Crippen molar-refractivity contribution in [2.45, 2.75) is 24.4 Å². The third-order valence-electron chi connectivity index (χ3n) is 4.26. The molecule has 2 N–H and O–H groups in total. The molecular formula is C14H18ClF3N2O2S. The summed E-state index contributed by atoms with van der Waals surface area (Å²) in [7, 11) is -4.10. The van der Waals surface area contributed by atoms with Gasteiger partial charge in [0.25, 0.3) is 0 Å². The average Bonchev–Trinajstić information content (AvgIpc) is 2.46. The minimum Gasteiger partial charge on any atom is -0.330 e. The number of piperidine rings is 1. The van der Waals surface area contributed by atoms with E-state index in [1.54, 1.807) is 0 Å². The van der Waals surface area contributed by atoms with Crippen LogP contribution in [-0.4, -0.2) is 32.4 Å². The standard InChI is InChI=1S/C14H18ClF3N2O2S/c1-9-4-5-20(8-10(9)7-19)23(21,22)13-6-11(14(16,17)18)2-3-12(13)15/h2-3,6,9-10H,4-5,7-8,19H2,1H3. The second kappa shape index (κ2) is 6.58. The molecule has 0 saturated carbocycles. The van der Waals surface area contributed by atoms with Crippen LogP contribution >= 0.6 is 11.6 Å². The van der Waals surface area contributed by atoms with E-state index in [1.807, 2.05) is 6.92 Å². The molecule has 0 radical (unpaired) electrons. The number of rotatable bonds is 3. The lowest BCUT2D eigenvalue weighted by Crippen LogP contribution is -2.45. The highest BCUT2D eigenvalue weighted by molar-refractivity contribution is 7.89. The van der Waals surface area contributed by atoms with Crippen molar-refractivity contribution in [2.75, 3.05) is 19.6 Å². The SMILES string of the molecule is CC1CCN(S(=O)(=O)c2cc(C(F)(F)F)ccc2Cl)CC1CN. The number of nitrogens with zero attached hydrogens (tertiary/aromatic N) is 1. The molecule has 1 aromatic rings. The summed E-state index contributed by atoms with van der Waals surface area (Å²) in [6.45, 7) is 2.74. The van der Waals surface area contributed by atoms with Crippen LogP contribution in [0.3, 0.4) is 0 Å². The molecule has 0 aliphatic carbocycles. The minimum absolute atomic E-state index is 0.0249. The Morgan fingerprint density at radius 3 is 2.61 bits per heavy atom. The van der Waals surface area contributed by atoms with Crippen LogP contribution < -0.4 is 5.73 Å². The Morgan fingerprint density at radius 1 is 1.39 bits per heavy atom. The van der Waals surface area contributed by atoms with Crippen LogP contribution in [-0.2, 0) is 16.2 Å². The number of nitrogens with two attached hydrogens (primary N) is 1. The molecule has 1 aromatic carbocycles. The summed E-state index contributed by atoms with van der Waals surface area (Å²) in [6, 6.07) is 2.32. The summed E-state index contributed by atoms with van der Waals surface area (Å²) < 4.78 is 65.0. The van der Waals surface area contributed by atoms with Crippen molar-refractivity contribution in [1.82, 2.24) is 4.31 Å². The summed E-state index contributed by atoms with van der Waals surface area (Å²) in [5.41, 5.74) is 4.61. The van der Waals surface area contributed by atoms with Crippen LogP contribution in [0.2, 0.25) is 5.02 Å². The Kier molecular flexibility index (Phi) is 5.30. The first-order valence-corrected chi connectivity index (χ1v) is 8.96. The van der Waals surface area contributed by atoms with Crippen LogP contribution in [0.25, 0.3) is 0 Å². The normalized spacial score (nSPS) is 23.9. The van der Waals surface area contributed by atoms with E-state index < -0.39 is 26.7 Å². The molecule has 2 unspecified atom stereocenters. The van der Waals surface area contributed by atoms with Gasteiger partial charge >= 0.3 is 6.18 Å². The molecule has 2 rings (SSSR count). The number of hydrogen-bond donors (Lipinski definition) is 1. The van der Waals surface area contributed by atoms with E-state index in [0.717, 1.165) is 12.1 Å². The Bertz CT molecular complexity index is 679. The van der Waals surface area contributed by atoms with E-state index in [4.69, 9.17) is 17.3 Å². The molecule has 0 amide bonds. The zero-order valence-corrected chi connectivity index (χ0v) is 14.0. The number of sulfonamides is 1. The maximum absolute atomic E-state index is 12.8. The highest BCUT2D eigenvalue weighted by atomic mass is 35.5. The molecule has 1 heterocycles. The molecule has 1 aliphatic heterocycles. The fraction of sp³-hybridized carbons (Fsp3) is 0.571. The van der Waals surface area contributed by atoms with E-state index in [1.165, 1.54) is 4.31 Å². The van der Waals surface area contributed by atoms with Gasteiger partial charge in [-0.05, 0) is 43.0 Å². The highest BCUT2D eigenvalue weighted by Gasteiger charge is 2.37. The molecule has 2 atom stereocenters. The molecule has 9 heteroatoms. The third kappa shape index (κ3) is 3.81. The van der Waals surface area contributed by atoms with Gasteiger partial charge in [0.1, 0.15) is 4.90 Å². The summed E-state index contributed by atoms with van der Waals surface area (Å²) in [5, 5.41) is -0.221. The number of benzene rings is 1. The molecule has 23 heavy (non-hydrogen) atoms. The minimum atomic E-state index is -4.63. The van der Waals surface area contributed by atoms with Gasteiger partial charge < -0.3 is 5.73 Å². The van der Waals surface area contributed by atoms with E-state index in [0.29, 0.717) is 19.0 Å². The second-order valence-corrected chi connectivity index (χ2v) is 8.08. The van der Waals surface area contributed by atoms with Gasteiger partial charge in [-0.15, -0.1) is 0 Å². The lowest BCUT2D eigenvalue weighted by Gasteiger charge is -2.35. The molecule has 130 valence electrons. The van der Waals surface area contributed by atoms with Crippen molar-refractivity contribution in [2.24, 2.45) is 17.6 Å². The predicted octanol–water partition coefficient (Wildman–Crippen LogP) is 2.96. The molecule has 0 spiro atoms. The first kappa shape index (κ1) is 18.5. The maximum atomic E-state index is 12.8. The van der Waals surface area contributed by atoms with Crippen molar-refractivity contribution < 1.29 is 21.6 Å². The van der Waals surface area contributed by atoms with Crippen molar-refractivity contribution in [3.63, 3.8) is 0 Å². The van der Waals surface area contributed by atoms with E-state index in [-0.39, 0.29) is 29.9 Å². The third-order valence-corrected chi connectivity index (χ3v) is 6.60. The molecule has 0 aromatic heterocycles. The maximum Gasteiger partial charge on any atom is 0.416 e. The van der Waals surface area contributed by atoms with Crippen LogP contribution in [0.5, 0.6) is 0 Å². The quantitative estimate of drug-likeness (QED) is 0.889. The average molecular weight is 371 g/mol. The van der Waals surface area contributed by atoms with Crippen LogP contribution in [0.15, 0.2) is 23.1 Å². The van der Waals surface area contributed by atoms with Gasteiger partial charge in [0, 0.05) is 13.1 Å². The van der Waals surface area contributed by atoms with Crippen molar-refractivity contribution in [3.05, 3.63) is 28.8 Å². The van der Waals surface area contributed by atoms with Gasteiger partial charge in [0.05, 0.1) is 10.6 Å². The van der Waals surface area contributed by atoms with Crippen molar-refractivity contribution >= 4 is 21.6 Å². The molecule has 1 aliphatic rings. The van der Waals surface area contributed by atoms with Gasteiger partial charge in [0.2, 0.25) is 10.0 Å². The Hall–Kier alpha value is -0.830. The summed E-state index contributed by atoms with van der Waals surface area (Å²) >= 11 is 5.85. The largest absolute Gasteiger partial charge is 0.416 e. The number of alkyl halides is 3. The number of halogens is 4. The van der Waals surface area contributed by atoms with Crippen molar-refractivity contribution in [3.8, 4) is 0 Å². The Labute approximate surface area is 138 Å². The number of hydrogen-bond acceptors (Lipinski definition) is 3. The smallest absolute Gasteiger partial charge is 0.330 e. The molecule has 0 bridgehead atoms. The zero-order chi connectivity index (χ0) is 17.4. The lowest BCUT2D eigenvalue weighted by molar-refractivity contribution is -0.137. The van der Waals surface area contributed by atoms with E-state index in [9.17, 15) is 21.6 Å².